The molecule has 0 saturated heterocycles. The number of benzene rings is 3. The average Bonchev–Trinajstić information content (AvgIpc) is 3.29. The van der Waals surface area contributed by atoms with Crippen molar-refractivity contribution in [1.29, 1.82) is 0 Å². The number of nitrogens with zero attached hydrogens (tertiary/aromatic N) is 3. The zero-order chi connectivity index (χ0) is 24.7. The number of hydrogen-bond donors (Lipinski definition) is 1. The van der Waals surface area contributed by atoms with Crippen molar-refractivity contribution in [2.45, 2.75) is 10.1 Å². The first-order chi connectivity index (χ1) is 16.9. The zero-order valence-corrected chi connectivity index (χ0v) is 21.1. The second-order valence-corrected chi connectivity index (χ2v) is 11.5. The number of carbonyl (C=O) groups excluding carboxylic acids is 1. The highest BCUT2D eigenvalue weighted by atomic mass is 32.2. The van der Waals surface area contributed by atoms with Crippen LogP contribution in [0.3, 0.4) is 0 Å². The van der Waals surface area contributed by atoms with Gasteiger partial charge in [0.1, 0.15) is 12.3 Å². The van der Waals surface area contributed by atoms with E-state index < -0.39 is 22.5 Å². The molecule has 0 atom stereocenters. The lowest BCUT2D eigenvalue weighted by atomic mass is 10.2. The van der Waals surface area contributed by atoms with Crippen LogP contribution in [-0.2, 0) is 20.6 Å². The number of thioether (sulfide) groups is 1. The number of nitrogens with one attached hydrogen (secondary N) is 1. The molecule has 4 aromatic rings. The summed E-state index contributed by atoms with van der Waals surface area (Å²) in [5.41, 5.74) is 1.41. The monoisotopic (exact) mass is 526 g/mol. The summed E-state index contributed by atoms with van der Waals surface area (Å²) in [5.74, 6) is 1.05. The number of aromatic nitrogens is 2. The minimum absolute atomic E-state index is 0.255. The number of hydrogen-bond acceptors (Lipinski definition) is 8. The first kappa shape index (κ1) is 24.7. The van der Waals surface area contributed by atoms with Gasteiger partial charge < -0.3 is 4.74 Å². The quantitative estimate of drug-likeness (QED) is 0.228. The molecule has 180 valence electrons. The summed E-state index contributed by atoms with van der Waals surface area (Å²) in [4.78, 5) is 12.8. The number of ether oxygens (including phenoxy) is 1. The maximum absolute atomic E-state index is 12.8. The van der Waals surface area contributed by atoms with Crippen molar-refractivity contribution < 1.29 is 17.9 Å². The molecule has 8 nitrogen and oxygen atoms in total. The smallest absolute Gasteiger partial charge is 0.246 e. The van der Waals surface area contributed by atoms with Crippen LogP contribution in [0.4, 0.5) is 10.8 Å². The Balaban J connectivity index is 1.45. The van der Waals surface area contributed by atoms with Crippen LogP contribution in [0, 0.1) is 0 Å². The first-order valence-electron chi connectivity index (χ1n) is 10.5. The van der Waals surface area contributed by atoms with Gasteiger partial charge in [-0.2, -0.15) is 0 Å². The third-order valence-electron chi connectivity index (χ3n) is 4.65. The van der Waals surface area contributed by atoms with Gasteiger partial charge in [-0.25, -0.2) is 8.42 Å². The normalized spacial score (nSPS) is 11.1. The van der Waals surface area contributed by atoms with Gasteiger partial charge in [0.05, 0.1) is 11.9 Å². The molecule has 0 aliphatic rings. The van der Waals surface area contributed by atoms with Gasteiger partial charge >= 0.3 is 0 Å². The summed E-state index contributed by atoms with van der Waals surface area (Å²) in [6.45, 7) is -0.444. The number of rotatable bonds is 10. The Morgan fingerprint density at radius 2 is 1.63 bits per heavy atom. The van der Waals surface area contributed by atoms with E-state index in [2.05, 4.69) is 15.5 Å². The van der Waals surface area contributed by atoms with Crippen molar-refractivity contribution in [2.24, 2.45) is 0 Å². The van der Waals surface area contributed by atoms with E-state index in [1.807, 2.05) is 48.5 Å². The van der Waals surface area contributed by atoms with Gasteiger partial charge in [0.15, 0.2) is 10.1 Å². The van der Waals surface area contributed by atoms with Crippen LogP contribution in [-0.4, -0.2) is 37.3 Å². The van der Waals surface area contributed by atoms with Crippen molar-refractivity contribution in [2.75, 3.05) is 22.4 Å². The highest BCUT2D eigenvalue weighted by molar-refractivity contribution is 8.00. The van der Waals surface area contributed by atoms with Crippen LogP contribution in [0.25, 0.3) is 0 Å². The minimum atomic E-state index is -3.80. The molecule has 0 spiro atoms. The van der Waals surface area contributed by atoms with Crippen LogP contribution >= 0.6 is 23.1 Å². The largest absolute Gasteiger partial charge is 0.455 e. The molecular formula is C24H22N4O4S3. The molecule has 4 rings (SSSR count). The second-order valence-electron chi connectivity index (χ2n) is 7.35. The van der Waals surface area contributed by atoms with Crippen molar-refractivity contribution in [3.8, 4) is 11.5 Å². The van der Waals surface area contributed by atoms with Gasteiger partial charge in [-0.05, 0) is 29.8 Å². The lowest BCUT2D eigenvalue weighted by molar-refractivity contribution is -0.114. The maximum atomic E-state index is 12.8. The highest BCUT2D eigenvalue weighted by Gasteiger charge is 2.25. The van der Waals surface area contributed by atoms with Crippen LogP contribution in [0.5, 0.6) is 11.5 Å². The van der Waals surface area contributed by atoms with E-state index in [1.54, 1.807) is 36.4 Å². The molecule has 35 heavy (non-hydrogen) atoms. The number of sulfonamides is 1. The summed E-state index contributed by atoms with van der Waals surface area (Å²) in [6, 6.07) is 25.6. The van der Waals surface area contributed by atoms with E-state index >= 15 is 0 Å². The zero-order valence-electron chi connectivity index (χ0n) is 18.7. The fourth-order valence-corrected chi connectivity index (χ4v) is 5.66. The van der Waals surface area contributed by atoms with Gasteiger partial charge in [-0.3, -0.25) is 14.4 Å². The molecule has 0 fully saturated rings. The van der Waals surface area contributed by atoms with Crippen molar-refractivity contribution in [3.63, 3.8) is 0 Å². The van der Waals surface area contributed by atoms with Crippen molar-refractivity contribution >= 4 is 49.8 Å². The second kappa shape index (κ2) is 11.3. The summed E-state index contributed by atoms with van der Waals surface area (Å²) < 4.78 is 32.8. The maximum Gasteiger partial charge on any atom is 0.246 e. The highest BCUT2D eigenvalue weighted by Crippen LogP contribution is 2.33. The molecule has 1 amide bonds. The predicted molar refractivity (Wildman–Crippen MR) is 140 cm³/mol. The SMILES string of the molecule is CS(=O)(=O)N(CC(=O)Nc1nnc(SCc2ccccc2)s1)c1ccccc1Oc1ccccc1. The fraction of sp³-hybridized carbons (Fsp3) is 0.125. The molecule has 0 radical (unpaired) electrons. The molecule has 0 aliphatic heterocycles. The summed E-state index contributed by atoms with van der Waals surface area (Å²) in [6.07, 6.45) is 1.04. The molecule has 1 heterocycles. The topological polar surface area (TPSA) is 101 Å². The Morgan fingerprint density at radius 1 is 0.971 bits per heavy atom. The standard InChI is InChI=1S/C24H22N4O4S3/c1-35(30,31)28(20-14-8-9-15-21(20)32-19-12-6-3-7-13-19)16-22(29)25-23-26-27-24(34-23)33-17-18-10-4-2-5-11-18/h2-15H,16-17H2,1H3,(H,25,26,29). The molecule has 0 unspecified atom stereocenters. The van der Waals surface area contributed by atoms with E-state index in [0.29, 0.717) is 21.0 Å². The molecule has 3 aromatic carbocycles. The third-order valence-corrected chi connectivity index (χ3v) is 7.82. The number of amides is 1. The van der Waals surface area contributed by atoms with E-state index in [4.69, 9.17) is 4.74 Å². The molecule has 0 bridgehead atoms. The van der Waals surface area contributed by atoms with Gasteiger partial charge in [0.25, 0.3) is 0 Å². The van der Waals surface area contributed by atoms with E-state index in [-0.39, 0.29) is 5.69 Å². The fourth-order valence-electron chi connectivity index (χ4n) is 3.07. The molecular weight excluding hydrogens is 504 g/mol. The Labute approximate surface area is 212 Å². The molecule has 11 heteroatoms. The lowest BCUT2D eigenvalue weighted by Crippen LogP contribution is -2.37. The predicted octanol–water partition coefficient (Wildman–Crippen LogP) is 5.03. The Bertz CT molecular complexity index is 1380. The number of anilines is 2. The van der Waals surface area contributed by atoms with Gasteiger partial charge in [-0.15, -0.1) is 10.2 Å². The van der Waals surface area contributed by atoms with Crippen molar-refractivity contribution in [1.82, 2.24) is 10.2 Å². The number of para-hydroxylation sites is 3. The van der Waals surface area contributed by atoms with E-state index in [0.717, 1.165) is 21.9 Å². The first-order valence-corrected chi connectivity index (χ1v) is 14.1. The van der Waals surface area contributed by atoms with Crippen LogP contribution in [0.2, 0.25) is 0 Å². The average molecular weight is 527 g/mol. The van der Waals surface area contributed by atoms with Crippen LogP contribution in [0.1, 0.15) is 5.56 Å². The number of carbonyl (C=O) groups is 1. The van der Waals surface area contributed by atoms with Crippen LogP contribution in [0.15, 0.2) is 89.3 Å². The van der Waals surface area contributed by atoms with E-state index in [1.165, 1.54) is 23.1 Å². The Morgan fingerprint density at radius 3 is 2.34 bits per heavy atom. The molecule has 1 N–H and O–H groups in total. The minimum Gasteiger partial charge on any atom is -0.455 e. The van der Waals surface area contributed by atoms with Gasteiger partial charge in [0.2, 0.25) is 21.1 Å². The van der Waals surface area contributed by atoms with Crippen molar-refractivity contribution in [3.05, 3.63) is 90.5 Å². The van der Waals surface area contributed by atoms with Gasteiger partial charge in [-0.1, -0.05) is 83.8 Å². The van der Waals surface area contributed by atoms with Gasteiger partial charge in [0, 0.05) is 5.75 Å². The summed E-state index contributed by atoms with van der Waals surface area (Å²) in [5, 5.41) is 11.1. The van der Waals surface area contributed by atoms with E-state index in [9.17, 15) is 13.2 Å². The molecule has 1 aromatic heterocycles. The lowest BCUT2D eigenvalue weighted by Gasteiger charge is -2.23. The summed E-state index contributed by atoms with van der Waals surface area (Å²) >= 11 is 2.74. The molecule has 0 saturated carbocycles. The Kier molecular flexibility index (Phi) is 8.01. The third kappa shape index (κ3) is 7.04. The molecule has 0 aliphatic carbocycles. The summed E-state index contributed by atoms with van der Waals surface area (Å²) in [7, 11) is -3.80. The Hall–Kier alpha value is -3.41. The van der Waals surface area contributed by atoms with Crippen LogP contribution < -0.4 is 14.4 Å².